The SMILES string of the molecule is BrC1=NCC(C2CC2)N=C1. The molecule has 1 atom stereocenters. The number of hydrogen-bond acceptors (Lipinski definition) is 2. The van der Waals surface area contributed by atoms with Gasteiger partial charge in [0.05, 0.1) is 18.8 Å². The first-order valence-electron chi connectivity index (χ1n) is 3.59. The van der Waals surface area contributed by atoms with Crippen LogP contribution in [0.5, 0.6) is 0 Å². The minimum Gasteiger partial charge on any atom is -0.285 e. The zero-order valence-corrected chi connectivity index (χ0v) is 7.21. The van der Waals surface area contributed by atoms with Gasteiger partial charge in [-0.1, -0.05) is 0 Å². The maximum atomic E-state index is 4.37. The van der Waals surface area contributed by atoms with Crippen LogP contribution in [0, 0.1) is 5.92 Å². The zero-order valence-electron chi connectivity index (χ0n) is 5.63. The summed E-state index contributed by atoms with van der Waals surface area (Å²) in [6.07, 6.45) is 4.54. The molecule has 0 aromatic carbocycles. The molecule has 0 saturated heterocycles. The second kappa shape index (κ2) is 2.46. The fourth-order valence-corrected chi connectivity index (χ4v) is 1.44. The first-order chi connectivity index (χ1) is 4.86. The van der Waals surface area contributed by atoms with E-state index in [2.05, 4.69) is 25.9 Å². The Morgan fingerprint density at radius 3 is 2.80 bits per heavy atom. The van der Waals surface area contributed by atoms with Crippen molar-refractivity contribution in [3.05, 3.63) is 0 Å². The molecule has 10 heavy (non-hydrogen) atoms. The molecule has 1 unspecified atom stereocenters. The summed E-state index contributed by atoms with van der Waals surface area (Å²) >= 11 is 3.29. The van der Waals surface area contributed by atoms with E-state index in [4.69, 9.17) is 0 Å². The smallest absolute Gasteiger partial charge is 0.118 e. The molecule has 2 nitrogen and oxygen atoms in total. The first-order valence-corrected chi connectivity index (χ1v) is 4.38. The van der Waals surface area contributed by atoms with Crippen LogP contribution in [0.1, 0.15) is 12.8 Å². The predicted octanol–water partition coefficient (Wildman–Crippen LogP) is 1.64. The Morgan fingerprint density at radius 2 is 2.30 bits per heavy atom. The van der Waals surface area contributed by atoms with Gasteiger partial charge in [0, 0.05) is 0 Å². The van der Waals surface area contributed by atoms with E-state index >= 15 is 0 Å². The number of hydrogen-bond donors (Lipinski definition) is 0. The second-order valence-corrected chi connectivity index (χ2v) is 3.66. The summed E-state index contributed by atoms with van der Waals surface area (Å²) in [7, 11) is 0. The summed E-state index contributed by atoms with van der Waals surface area (Å²) in [6, 6.07) is 0.501. The van der Waals surface area contributed by atoms with Gasteiger partial charge in [-0.25, -0.2) is 0 Å². The van der Waals surface area contributed by atoms with Crippen LogP contribution in [-0.2, 0) is 0 Å². The van der Waals surface area contributed by atoms with E-state index in [-0.39, 0.29) is 0 Å². The number of aliphatic imine (C=N–C) groups is 2. The van der Waals surface area contributed by atoms with Crippen molar-refractivity contribution in [3.63, 3.8) is 0 Å². The van der Waals surface area contributed by atoms with Crippen LogP contribution < -0.4 is 0 Å². The van der Waals surface area contributed by atoms with Crippen molar-refractivity contribution < 1.29 is 0 Å². The molecule has 0 spiro atoms. The molecule has 0 aromatic heterocycles. The highest BCUT2D eigenvalue weighted by molar-refractivity contribution is 9.19. The van der Waals surface area contributed by atoms with Gasteiger partial charge in [-0.15, -0.1) is 0 Å². The highest BCUT2D eigenvalue weighted by Crippen LogP contribution is 2.35. The highest BCUT2D eigenvalue weighted by Gasteiger charge is 2.31. The van der Waals surface area contributed by atoms with Gasteiger partial charge in [0.2, 0.25) is 0 Å². The lowest BCUT2D eigenvalue weighted by molar-refractivity contribution is 0.608. The molecule has 0 bridgehead atoms. The molecule has 0 radical (unpaired) electrons. The molecule has 54 valence electrons. The van der Waals surface area contributed by atoms with E-state index in [9.17, 15) is 0 Å². The van der Waals surface area contributed by atoms with Gasteiger partial charge in [-0.3, -0.25) is 9.98 Å². The third kappa shape index (κ3) is 1.29. The topological polar surface area (TPSA) is 24.7 Å². The van der Waals surface area contributed by atoms with Crippen LogP contribution in [0.4, 0.5) is 0 Å². The predicted molar refractivity (Wildman–Crippen MR) is 46.2 cm³/mol. The van der Waals surface area contributed by atoms with E-state index in [1.54, 1.807) is 0 Å². The fraction of sp³-hybridized carbons (Fsp3) is 0.714. The summed E-state index contributed by atoms with van der Waals surface area (Å²) in [5, 5.41) is 0. The Hall–Kier alpha value is -0.180. The molecule has 1 fully saturated rings. The lowest BCUT2D eigenvalue weighted by atomic mass is 10.2. The van der Waals surface area contributed by atoms with Crippen LogP contribution in [0.25, 0.3) is 0 Å². The molecule has 1 heterocycles. The maximum Gasteiger partial charge on any atom is 0.118 e. The van der Waals surface area contributed by atoms with E-state index in [1.807, 2.05) is 6.21 Å². The second-order valence-electron chi connectivity index (χ2n) is 2.85. The molecule has 0 N–H and O–H groups in total. The van der Waals surface area contributed by atoms with Crippen LogP contribution >= 0.6 is 15.9 Å². The lowest BCUT2D eigenvalue weighted by Crippen LogP contribution is -2.17. The Kier molecular flexibility index (Phi) is 1.60. The van der Waals surface area contributed by atoms with Gasteiger partial charge in [-0.2, -0.15) is 0 Å². The van der Waals surface area contributed by atoms with Gasteiger partial charge >= 0.3 is 0 Å². The Balaban J connectivity index is 1.99. The van der Waals surface area contributed by atoms with Crippen molar-refractivity contribution in [2.75, 3.05) is 6.54 Å². The van der Waals surface area contributed by atoms with Crippen molar-refractivity contribution >= 4 is 26.8 Å². The van der Waals surface area contributed by atoms with E-state index in [1.165, 1.54) is 12.8 Å². The molecule has 3 heteroatoms. The summed E-state index contributed by atoms with van der Waals surface area (Å²) in [6.45, 7) is 0.891. The van der Waals surface area contributed by atoms with Crippen LogP contribution in [0.2, 0.25) is 0 Å². The summed E-state index contributed by atoms with van der Waals surface area (Å²) in [4.78, 5) is 8.63. The normalized spacial score (nSPS) is 32.1. The van der Waals surface area contributed by atoms with Crippen molar-refractivity contribution in [2.24, 2.45) is 15.9 Å². The average Bonchev–Trinajstić information content (AvgIpc) is 2.71. The van der Waals surface area contributed by atoms with Crippen molar-refractivity contribution in [1.29, 1.82) is 0 Å². The zero-order chi connectivity index (χ0) is 6.97. The minimum absolute atomic E-state index is 0.501. The fourth-order valence-electron chi connectivity index (χ4n) is 1.18. The van der Waals surface area contributed by atoms with Gasteiger partial charge in [0.15, 0.2) is 0 Å². The molecule has 0 amide bonds. The Labute approximate surface area is 68.6 Å². The van der Waals surface area contributed by atoms with Crippen LogP contribution in [-0.4, -0.2) is 23.4 Å². The van der Waals surface area contributed by atoms with Crippen molar-refractivity contribution in [2.45, 2.75) is 18.9 Å². The molecule has 2 aliphatic rings. The number of halogens is 1. The molecule has 1 aliphatic carbocycles. The molecular weight excluding hydrogens is 192 g/mol. The monoisotopic (exact) mass is 200 g/mol. The lowest BCUT2D eigenvalue weighted by Gasteiger charge is -2.10. The van der Waals surface area contributed by atoms with Crippen LogP contribution in [0.15, 0.2) is 9.98 Å². The highest BCUT2D eigenvalue weighted by atomic mass is 79.9. The first kappa shape index (κ1) is 6.53. The standard InChI is InChI=1S/C7H9BrN2/c8-7-4-9-6(3-10-7)5-1-2-5/h4-6H,1-3H2. The van der Waals surface area contributed by atoms with E-state index < -0.39 is 0 Å². The average molecular weight is 201 g/mol. The number of rotatable bonds is 1. The summed E-state index contributed by atoms with van der Waals surface area (Å²) < 4.78 is 0.893. The molecule has 0 aromatic rings. The van der Waals surface area contributed by atoms with E-state index in [0.717, 1.165) is 17.1 Å². The van der Waals surface area contributed by atoms with E-state index in [0.29, 0.717) is 6.04 Å². The van der Waals surface area contributed by atoms with Gasteiger partial charge in [0.25, 0.3) is 0 Å². The quantitative estimate of drug-likeness (QED) is 0.616. The maximum absolute atomic E-state index is 4.37. The van der Waals surface area contributed by atoms with Gasteiger partial charge in [0.1, 0.15) is 4.62 Å². The Bertz CT molecular complexity index is 194. The van der Waals surface area contributed by atoms with Crippen LogP contribution in [0.3, 0.4) is 0 Å². The summed E-state index contributed by atoms with van der Waals surface area (Å²) in [5.74, 6) is 0.848. The molecule has 2 rings (SSSR count). The van der Waals surface area contributed by atoms with Crippen molar-refractivity contribution in [3.8, 4) is 0 Å². The molecule has 1 saturated carbocycles. The molecule has 1 aliphatic heterocycles. The minimum atomic E-state index is 0.501. The van der Waals surface area contributed by atoms with Gasteiger partial charge in [-0.05, 0) is 34.7 Å². The molecular formula is C7H9BrN2. The van der Waals surface area contributed by atoms with Crippen molar-refractivity contribution in [1.82, 2.24) is 0 Å². The number of nitrogens with zero attached hydrogens (tertiary/aromatic N) is 2. The summed E-state index contributed by atoms with van der Waals surface area (Å²) in [5.41, 5.74) is 0. The Morgan fingerprint density at radius 1 is 1.50 bits per heavy atom. The third-order valence-electron chi connectivity index (χ3n) is 1.97. The van der Waals surface area contributed by atoms with Gasteiger partial charge < -0.3 is 0 Å². The third-order valence-corrected chi connectivity index (χ3v) is 2.42. The largest absolute Gasteiger partial charge is 0.285 e.